The summed E-state index contributed by atoms with van der Waals surface area (Å²) in [7, 11) is 1.70. The summed E-state index contributed by atoms with van der Waals surface area (Å²) >= 11 is 3.43. The molecular formula is C23H37BrO3. The van der Waals surface area contributed by atoms with Crippen molar-refractivity contribution in [3.63, 3.8) is 0 Å². The second-order valence-corrected chi connectivity index (χ2v) is 11.4. The molecule has 0 radical (unpaired) electrons. The largest absolute Gasteiger partial charge is 0.387 e. The van der Waals surface area contributed by atoms with E-state index in [0.29, 0.717) is 29.1 Å². The first-order chi connectivity index (χ1) is 12.8. The average Bonchev–Trinajstić information content (AvgIpc) is 2.99. The maximum atomic E-state index is 12.6. The number of Topliss-reactive ketones (excluding diaryl/α,β-unsaturated/α-hetero) is 1. The van der Waals surface area contributed by atoms with E-state index < -0.39 is 5.60 Å². The topological polar surface area (TPSA) is 46.5 Å². The SMILES string of the molecule is COC[C@@]1(O)CC[C@@]2(C)[C@@H](CC[C@H]3[C@@H]4CC[C@H](C(=O)CBr)C4(C)CC[C@@H]32)C1. The maximum Gasteiger partial charge on any atom is 0.147 e. The summed E-state index contributed by atoms with van der Waals surface area (Å²) in [6.07, 6.45) is 10.3. The first-order valence-corrected chi connectivity index (χ1v) is 12.2. The summed E-state index contributed by atoms with van der Waals surface area (Å²) in [5.74, 6) is 3.61. The summed E-state index contributed by atoms with van der Waals surface area (Å²) in [5, 5.41) is 11.5. The van der Waals surface area contributed by atoms with E-state index >= 15 is 0 Å². The highest BCUT2D eigenvalue weighted by molar-refractivity contribution is 9.09. The van der Waals surface area contributed by atoms with Crippen LogP contribution < -0.4 is 0 Å². The van der Waals surface area contributed by atoms with Gasteiger partial charge in [0.1, 0.15) is 5.78 Å². The molecule has 0 spiro atoms. The lowest BCUT2D eigenvalue weighted by molar-refractivity contribution is -0.163. The number of ether oxygens (including phenoxy) is 1. The van der Waals surface area contributed by atoms with Gasteiger partial charge in [-0.15, -0.1) is 0 Å². The molecule has 4 rings (SSSR count). The Morgan fingerprint density at radius 2 is 1.78 bits per heavy atom. The molecule has 1 unspecified atom stereocenters. The summed E-state index contributed by atoms with van der Waals surface area (Å²) in [4.78, 5) is 12.6. The monoisotopic (exact) mass is 440 g/mol. The molecule has 3 nitrogen and oxygen atoms in total. The van der Waals surface area contributed by atoms with Gasteiger partial charge in [-0.1, -0.05) is 29.8 Å². The van der Waals surface area contributed by atoms with Crippen LogP contribution in [0.5, 0.6) is 0 Å². The summed E-state index contributed by atoms with van der Waals surface area (Å²) in [6.45, 7) is 5.43. The highest BCUT2D eigenvalue weighted by Crippen LogP contribution is 2.68. The highest BCUT2D eigenvalue weighted by Gasteiger charge is 2.61. The Bertz CT molecular complexity index is 594. The van der Waals surface area contributed by atoms with Crippen molar-refractivity contribution < 1.29 is 14.6 Å². The van der Waals surface area contributed by atoms with Crippen molar-refractivity contribution in [2.24, 2.45) is 40.4 Å². The fourth-order valence-corrected chi connectivity index (χ4v) is 8.74. The van der Waals surface area contributed by atoms with Crippen LogP contribution in [0.25, 0.3) is 0 Å². The van der Waals surface area contributed by atoms with E-state index in [1.165, 1.54) is 32.1 Å². The Balaban J connectivity index is 1.55. The number of hydrogen-bond donors (Lipinski definition) is 1. The van der Waals surface area contributed by atoms with Crippen LogP contribution in [-0.2, 0) is 9.53 Å². The number of carbonyl (C=O) groups is 1. The van der Waals surface area contributed by atoms with Crippen molar-refractivity contribution in [2.75, 3.05) is 19.0 Å². The van der Waals surface area contributed by atoms with E-state index in [9.17, 15) is 9.90 Å². The van der Waals surface area contributed by atoms with Gasteiger partial charge in [0.15, 0.2) is 0 Å². The molecule has 0 saturated heterocycles. The van der Waals surface area contributed by atoms with Gasteiger partial charge in [0.25, 0.3) is 0 Å². The molecule has 0 aromatic rings. The number of alkyl halides is 1. The number of methoxy groups -OCH3 is 1. The molecule has 0 bridgehead atoms. The minimum absolute atomic E-state index is 0.223. The molecule has 0 aromatic carbocycles. The van der Waals surface area contributed by atoms with Crippen LogP contribution in [0.1, 0.15) is 71.6 Å². The molecule has 1 N–H and O–H groups in total. The molecule has 4 aliphatic carbocycles. The molecule has 0 heterocycles. The van der Waals surface area contributed by atoms with Gasteiger partial charge in [0.2, 0.25) is 0 Å². The smallest absolute Gasteiger partial charge is 0.147 e. The van der Waals surface area contributed by atoms with Crippen LogP contribution in [-0.4, -0.2) is 35.5 Å². The van der Waals surface area contributed by atoms with Crippen LogP contribution in [0.3, 0.4) is 0 Å². The molecular weight excluding hydrogens is 404 g/mol. The minimum Gasteiger partial charge on any atom is -0.387 e. The van der Waals surface area contributed by atoms with E-state index in [0.717, 1.165) is 43.4 Å². The van der Waals surface area contributed by atoms with Gasteiger partial charge in [0.05, 0.1) is 17.5 Å². The number of halogens is 1. The van der Waals surface area contributed by atoms with Crippen molar-refractivity contribution in [1.29, 1.82) is 0 Å². The van der Waals surface area contributed by atoms with Crippen molar-refractivity contribution in [3.05, 3.63) is 0 Å². The Morgan fingerprint density at radius 1 is 1.04 bits per heavy atom. The number of hydrogen-bond acceptors (Lipinski definition) is 3. The van der Waals surface area contributed by atoms with Gasteiger partial charge in [0, 0.05) is 13.0 Å². The van der Waals surface area contributed by atoms with Crippen LogP contribution >= 0.6 is 15.9 Å². The number of carbonyl (C=O) groups excluding carboxylic acids is 1. The van der Waals surface area contributed by atoms with Crippen molar-refractivity contribution >= 4 is 21.7 Å². The van der Waals surface area contributed by atoms with Gasteiger partial charge in [-0.05, 0) is 92.3 Å². The third kappa shape index (κ3) is 3.08. The predicted molar refractivity (Wildman–Crippen MR) is 111 cm³/mol. The van der Waals surface area contributed by atoms with E-state index in [1.54, 1.807) is 7.11 Å². The zero-order chi connectivity index (χ0) is 19.4. The molecule has 0 aliphatic heterocycles. The van der Waals surface area contributed by atoms with E-state index in [2.05, 4.69) is 29.8 Å². The second-order valence-electron chi connectivity index (χ2n) is 10.8. The van der Waals surface area contributed by atoms with Crippen LogP contribution in [0, 0.1) is 40.4 Å². The quantitative estimate of drug-likeness (QED) is 0.626. The first kappa shape index (κ1) is 20.3. The first-order valence-electron chi connectivity index (χ1n) is 11.1. The Kier molecular flexibility index (Phi) is 5.34. The third-order valence-electron chi connectivity index (χ3n) is 9.75. The summed E-state index contributed by atoms with van der Waals surface area (Å²) in [5.41, 5.74) is -0.0297. The van der Waals surface area contributed by atoms with Gasteiger partial charge in [-0.3, -0.25) is 4.79 Å². The molecule has 8 atom stereocenters. The zero-order valence-electron chi connectivity index (χ0n) is 17.3. The lowest BCUT2D eigenvalue weighted by atomic mass is 9.44. The fraction of sp³-hybridized carbons (Fsp3) is 0.957. The van der Waals surface area contributed by atoms with Gasteiger partial charge >= 0.3 is 0 Å². The lowest BCUT2D eigenvalue weighted by Crippen LogP contribution is -2.56. The molecule has 4 aliphatic rings. The van der Waals surface area contributed by atoms with Crippen molar-refractivity contribution in [3.8, 4) is 0 Å². The minimum atomic E-state index is -0.615. The molecule has 4 fully saturated rings. The van der Waals surface area contributed by atoms with Gasteiger partial charge < -0.3 is 9.84 Å². The Labute approximate surface area is 173 Å². The lowest BCUT2D eigenvalue weighted by Gasteiger charge is -2.62. The fourth-order valence-electron chi connectivity index (χ4n) is 8.34. The molecule has 0 aromatic heterocycles. The number of rotatable bonds is 4. The number of ketones is 1. The molecule has 4 saturated carbocycles. The van der Waals surface area contributed by atoms with Gasteiger partial charge in [-0.2, -0.15) is 0 Å². The Hall–Kier alpha value is 0.0700. The summed E-state index contributed by atoms with van der Waals surface area (Å²) in [6, 6.07) is 0. The number of aliphatic hydroxyl groups is 1. The summed E-state index contributed by atoms with van der Waals surface area (Å²) < 4.78 is 5.33. The van der Waals surface area contributed by atoms with Crippen LogP contribution in [0.15, 0.2) is 0 Å². The van der Waals surface area contributed by atoms with Crippen LogP contribution in [0.2, 0.25) is 0 Å². The molecule has 0 amide bonds. The van der Waals surface area contributed by atoms with Gasteiger partial charge in [-0.25, -0.2) is 0 Å². The second kappa shape index (κ2) is 7.09. The third-order valence-corrected chi connectivity index (χ3v) is 10.3. The average molecular weight is 441 g/mol. The molecule has 4 heteroatoms. The van der Waals surface area contributed by atoms with Crippen LogP contribution in [0.4, 0.5) is 0 Å². The molecule has 27 heavy (non-hydrogen) atoms. The highest BCUT2D eigenvalue weighted by atomic mass is 79.9. The number of fused-ring (bicyclic) bond motifs is 5. The van der Waals surface area contributed by atoms with E-state index in [1.807, 2.05) is 0 Å². The van der Waals surface area contributed by atoms with Crippen molar-refractivity contribution in [1.82, 2.24) is 0 Å². The normalized spacial score (nSPS) is 52.0. The zero-order valence-corrected chi connectivity index (χ0v) is 18.9. The molecule has 154 valence electrons. The van der Waals surface area contributed by atoms with E-state index in [4.69, 9.17) is 4.74 Å². The van der Waals surface area contributed by atoms with Crippen molar-refractivity contribution in [2.45, 2.75) is 77.2 Å². The predicted octanol–water partition coefficient (Wildman–Crippen LogP) is 4.99. The standard InChI is InChI=1S/C23H37BrO3/c1-21-10-11-23(26,14-27-3)12-15(21)4-5-16-17-6-7-19(20(25)13-24)22(17,2)9-8-18(16)21/h15-19,26H,4-14H2,1-3H3/t15-,16-,17-,18-,19+,21-,22?,23+/m0/s1. The van der Waals surface area contributed by atoms with E-state index in [-0.39, 0.29) is 11.3 Å². The Morgan fingerprint density at radius 3 is 2.48 bits per heavy atom. The maximum absolute atomic E-state index is 12.6.